The predicted octanol–water partition coefficient (Wildman–Crippen LogP) is 2.34. The van der Waals surface area contributed by atoms with Crippen LogP contribution in [0.4, 0.5) is 0 Å². The summed E-state index contributed by atoms with van der Waals surface area (Å²) in [5, 5.41) is 0. The van der Waals surface area contributed by atoms with E-state index in [4.69, 9.17) is 0 Å². The van der Waals surface area contributed by atoms with Crippen LogP contribution < -0.4 is 0 Å². The second-order valence-electron chi connectivity index (χ2n) is 6.51. The minimum atomic E-state index is -3.78. The minimum Gasteiger partial charge on any atom is -0.324 e. The molecule has 2 aliphatic heterocycles. The average Bonchev–Trinajstić information content (AvgIpc) is 2.66. The molecule has 5 rings (SSSR count). The second-order valence-corrected chi connectivity index (χ2v) is 8.45. The monoisotopic (exact) mass is 367 g/mol. The van der Waals surface area contributed by atoms with E-state index in [1.54, 1.807) is 18.2 Å². The van der Waals surface area contributed by atoms with Gasteiger partial charge in [-0.3, -0.25) is 9.59 Å². The fourth-order valence-corrected chi connectivity index (χ4v) is 5.22. The third-order valence-electron chi connectivity index (χ3n) is 4.88. The first-order chi connectivity index (χ1) is 12.5. The standard InChI is InChI=1S/C20H17NO4S/c22-18-11-16-19(26(24,25)15-9-5-2-6-10-15)12-17(18)21(20(16)23)13-14-7-3-1-4-8-14/h1-10,12,16-17H,11,13H2/t16-,17+/m0/s1. The number of hydrogen-bond acceptors (Lipinski definition) is 4. The average molecular weight is 367 g/mol. The molecule has 0 radical (unpaired) electrons. The Balaban J connectivity index is 1.72. The summed E-state index contributed by atoms with van der Waals surface area (Å²) in [6.45, 7) is 0.293. The van der Waals surface area contributed by atoms with Gasteiger partial charge in [-0.25, -0.2) is 8.42 Å². The van der Waals surface area contributed by atoms with E-state index in [9.17, 15) is 18.0 Å². The van der Waals surface area contributed by atoms with Crippen molar-refractivity contribution in [1.29, 1.82) is 0 Å². The Labute approximate surface area is 151 Å². The highest BCUT2D eigenvalue weighted by Crippen LogP contribution is 2.39. The first-order valence-corrected chi connectivity index (χ1v) is 9.86. The molecule has 2 heterocycles. The number of ketones is 1. The number of hydrogen-bond donors (Lipinski definition) is 0. The molecule has 1 saturated heterocycles. The molecule has 1 amide bonds. The van der Waals surface area contributed by atoms with Crippen molar-refractivity contribution in [3.05, 3.63) is 77.2 Å². The Bertz CT molecular complexity index is 997. The fourth-order valence-electron chi connectivity index (χ4n) is 3.57. The van der Waals surface area contributed by atoms with Crippen LogP contribution in [0.25, 0.3) is 0 Å². The SMILES string of the molecule is O=C1C[C@@H]2C(=O)N(Cc3ccccc3)[C@@H]1C=C2S(=O)(=O)c1ccccc1. The van der Waals surface area contributed by atoms with Crippen molar-refractivity contribution in [2.45, 2.75) is 23.9 Å². The van der Waals surface area contributed by atoms with Crippen LogP contribution in [-0.2, 0) is 26.0 Å². The smallest absolute Gasteiger partial charge is 0.232 e. The van der Waals surface area contributed by atoms with Crippen LogP contribution in [0.3, 0.4) is 0 Å². The lowest BCUT2D eigenvalue weighted by atomic mass is 9.83. The van der Waals surface area contributed by atoms with Gasteiger partial charge in [0.25, 0.3) is 0 Å². The first-order valence-electron chi connectivity index (χ1n) is 8.37. The minimum absolute atomic E-state index is 0.0489. The highest BCUT2D eigenvalue weighted by Gasteiger charge is 2.49. The lowest BCUT2D eigenvalue weighted by Crippen LogP contribution is -2.56. The van der Waals surface area contributed by atoms with Crippen molar-refractivity contribution in [3.8, 4) is 0 Å². The van der Waals surface area contributed by atoms with Crippen LogP contribution in [0.1, 0.15) is 12.0 Å². The van der Waals surface area contributed by atoms with Gasteiger partial charge in [0.15, 0.2) is 5.78 Å². The van der Waals surface area contributed by atoms with Gasteiger partial charge in [0.2, 0.25) is 15.7 Å². The summed E-state index contributed by atoms with van der Waals surface area (Å²) < 4.78 is 25.9. The Morgan fingerprint density at radius 2 is 1.54 bits per heavy atom. The summed E-state index contributed by atoms with van der Waals surface area (Å²) in [6.07, 6.45) is 1.41. The quantitative estimate of drug-likeness (QED) is 0.832. The van der Waals surface area contributed by atoms with Gasteiger partial charge in [-0.05, 0) is 23.8 Å². The van der Waals surface area contributed by atoms with Gasteiger partial charge < -0.3 is 4.90 Å². The molecule has 0 spiro atoms. The highest BCUT2D eigenvalue weighted by molar-refractivity contribution is 7.95. The number of sulfone groups is 1. The number of fused-ring (bicyclic) bond motifs is 2. The predicted molar refractivity (Wildman–Crippen MR) is 95.6 cm³/mol. The number of Topliss-reactive ketones (excluding diaryl/α,β-unsaturated/α-hetero) is 1. The summed E-state index contributed by atoms with van der Waals surface area (Å²) in [4.78, 5) is 27.0. The van der Waals surface area contributed by atoms with Crippen LogP contribution in [0.15, 0.2) is 76.5 Å². The van der Waals surface area contributed by atoms with Gasteiger partial charge in [0.1, 0.15) is 6.04 Å². The number of amides is 1. The Morgan fingerprint density at radius 3 is 2.19 bits per heavy atom. The number of nitrogens with zero attached hydrogens (tertiary/aromatic N) is 1. The maximum atomic E-state index is 12.9. The van der Waals surface area contributed by atoms with Crippen molar-refractivity contribution in [2.24, 2.45) is 5.92 Å². The molecule has 0 saturated carbocycles. The van der Waals surface area contributed by atoms with E-state index in [0.29, 0.717) is 6.54 Å². The van der Waals surface area contributed by atoms with Crippen molar-refractivity contribution < 1.29 is 18.0 Å². The molecule has 6 heteroatoms. The Hall–Kier alpha value is -2.73. The first kappa shape index (κ1) is 16.7. The molecule has 132 valence electrons. The third-order valence-corrected chi connectivity index (χ3v) is 6.81. The zero-order valence-electron chi connectivity index (χ0n) is 13.9. The second kappa shape index (κ2) is 6.21. The molecule has 3 aliphatic rings. The van der Waals surface area contributed by atoms with Crippen molar-refractivity contribution >= 4 is 21.5 Å². The van der Waals surface area contributed by atoms with Crippen LogP contribution >= 0.6 is 0 Å². The zero-order chi connectivity index (χ0) is 18.3. The molecule has 1 aliphatic carbocycles. The van der Waals surface area contributed by atoms with Gasteiger partial charge in [0.05, 0.1) is 15.7 Å². The highest BCUT2D eigenvalue weighted by atomic mass is 32.2. The lowest BCUT2D eigenvalue weighted by Gasteiger charge is -2.42. The van der Waals surface area contributed by atoms with Crippen molar-refractivity contribution in [1.82, 2.24) is 4.90 Å². The van der Waals surface area contributed by atoms with Crippen LogP contribution in [0.5, 0.6) is 0 Å². The van der Waals surface area contributed by atoms with Gasteiger partial charge in [-0.15, -0.1) is 0 Å². The molecule has 2 atom stereocenters. The van der Waals surface area contributed by atoms with E-state index in [1.165, 1.54) is 23.1 Å². The molecule has 0 unspecified atom stereocenters. The summed E-state index contributed by atoms with van der Waals surface area (Å²) in [6, 6.07) is 16.6. The number of piperidine rings is 1. The summed E-state index contributed by atoms with van der Waals surface area (Å²) in [7, 11) is -3.78. The largest absolute Gasteiger partial charge is 0.324 e. The van der Waals surface area contributed by atoms with Gasteiger partial charge in [-0.2, -0.15) is 0 Å². The molecule has 2 aromatic rings. The van der Waals surface area contributed by atoms with E-state index in [1.807, 2.05) is 30.3 Å². The van der Waals surface area contributed by atoms with E-state index in [0.717, 1.165) is 5.56 Å². The van der Waals surface area contributed by atoms with E-state index in [2.05, 4.69) is 0 Å². The number of carbonyl (C=O) groups is 2. The fraction of sp³-hybridized carbons (Fsp3) is 0.200. The Morgan fingerprint density at radius 1 is 0.923 bits per heavy atom. The molecular weight excluding hydrogens is 350 g/mol. The molecule has 0 N–H and O–H groups in total. The summed E-state index contributed by atoms with van der Waals surface area (Å²) >= 11 is 0. The van der Waals surface area contributed by atoms with Gasteiger partial charge >= 0.3 is 0 Å². The maximum absolute atomic E-state index is 12.9. The molecule has 5 nitrogen and oxygen atoms in total. The van der Waals surface area contributed by atoms with E-state index < -0.39 is 21.8 Å². The van der Waals surface area contributed by atoms with Crippen molar-refractivity contribution in [3.63, 3.8) is 0 Å². The molecule has 26 heavy (non-hydrogen) atoms. The summed E-state index contributed by atoms with van der Waals surface area (Å²) in [5.41, 5.74) is 0.905. The van der Waals surface area contributed by atoms with Gasteiger partial charge in [0, 0.05) is 13.0 Å². The Kier molecular flexibility index (Phi) is 4.00. The molecule has 2 bridgehead atoms. The molecular formula is C20H17NO4S. The van der Waals surface area contributed by atoms with Crippen molar-refractivity contribution in [2.75, 3.05) is 0 Å². The maximum Gasteiger partial charge on any atom is 0.232 e. The molecule has 1 fully saturated rings. The molecule has 2 aromatic carbocycles. The number of carbonyl (C=O) groups excluding carboxylic acids is 2. The lowest BCUT2D eigenvalue weighted by molar-refractivity contribution is -0.148. The third kappa shape index (κ3) is 2.66. The zero-order valence-corrected chi connectivity index (χ0v) is 14.7. The number of benzene rings is 2. The number of rotatable bonds is 4. The normalized spacial score (nSPS) is 22.5. The summed E-state index contributed by atoms with van der Waals surface area (Å²) in [5.74, 6) is -1.34. The van der Waals surface area contributed by atoms with Gasteiger partial charge in [-0.1, -0.05) is 48.5 Å². The van der Waals surface area contributed by atoms with E-state index in [-0.39, 0.29) is 27.9 Å². The van der Waals surface area contributed by atoms with Crippen LogP contribution in [-0.4, -0.2) is 31.0 Å². The topological polar surface area (TPSA) is 71.5 Å². The molecule has 0 aromatic heterocycles. The van der Waals surface area contributed by atoms with E-state index >= 15 is 0 Å². The van der Waals surface area contributed by atoms with Crippen LogP contribution in [0.2, 0.25) is 0 Å². The van der Waals surface area contributed by atoms with Crippen LogP contribution in [0, 0.1) is 5.92 Å².